The van der Waals surface area contributed by atoms with Gasteiger partial charge in [-0.1, -0.05) is 30.3 Å². The van der Waals surface area contributed by atoms with Gasteiger partial charge in [-0.05, 0) is 24.6 Å². The van der Waals surface area contributed by atoms with E-state index in [1.54, 1.807) is 12.1 Å². The lowest BCUT2D eigenvalue weighted by Gasteiger charge is -2.14. The smallest absolute Gasteiger partial charge is 0.314 e. The SMILES string of the molecule is C[C@@H](NC(=O)CNC(=O)C(=O)Nc1ccc(C(=N)N)s1)c1ccccc1. The van der Waals surface area contributed by atoms with Crippen molar-refractivity contribution < 1.29 is 14.4 Å². The molecule has 0 saturated heterocycles. The van der Waals surface area contributed by atoms with Gasteiger partial charge in [0.1, 0.15) is 5.84 Å². The monoisotopic (exact) mass is 373 g/mol. The number of nitrogens with two attached hydrogens (primary N) is 1. The van der Waals surface area contributed by atoms with E-state index in [0.717, 1.165) is 16.9 Å². The number of nitrogen functional groups attached to an aromatic ring is 1. The molecular formula is C17H19N5O3S. The fraction of sp³-hybridized carbons (Fsp3) is 0.176. The van der Waals surface area contributed by atoms with Crippen LogP contribution in [0, 0.1) is 5.41 Å². The molecule has 26 heavy (non-hydrogen) atoms. The normalized spacial score (nSPS) is 11.3. The van der Waals surface area contributed by atoms with E-state index in [9.17, 15) is 14.4 Å². The van der Waals surface area contributed by atoms with E-state index in [1.807, 2.05) is 37.3 Å². The molecule has 8 nitrogen and oxygen atoms in total. The first-order chi connectivity index (χ1) is 12.4. The van der Waals surface area contributed by atoms with Crippen LogP contribution >= 0.6 is 11.3 Å². The molecule has 0 spiro atoms. The molecule has 3 amide bonds. The summed E-state index contributed by atoms with van der Waals surface area (Å²) < 4.78 is 0. The summed E-state index contributed by atoms with van der Waals surface area (Å²) in [6, 6.07) is 12.3. The number of amides is 3. The van der Waals surface area contributed by atoms with Crippen LogP contribution in [0.4, 0.5) is 5.00 Å². The summed E-state index contributed by atoms with van der Waals surface area (Å²) in [7, 11) is 0. The first-order valence-corrected chi connectivity index (χ1v) is 8.56. The lowest BCUT2D eigenvalue weighted by Crippen LogP contribution is -2.42. The van der Waals surface area contributed by atoms with Crippen LogP contribution in [0.15, 0.2) is 42.5 Å². The number of carbonyl (C=O) groups excluding carboxylic acids is 3. The van der Waals surface area contributed by atoms with Crippen molar-refractivity contribution in [2.75, 3.05) is 11.9 Å². The summed E-state index contributed by atoms with van der Waals surface area (Å²) in [5, 5.41) is 15.1. The Bertz CT molecular complexity index is 819. The molecule has 0 saturated carbocycles. The molecule has 9 heteroatoms. The number of rotatable bonds is 6. The molecular weight excluding hydrogens is 354 g/mol. The highest BCUT2D eigenvalue weighted by molar-refractivity contribution is 7.18. The summed E-state index contributed by atoms with van der Waals surface area (Å²) in [6.07, 6.45) is 0. The third-order valence-electron chi connectivity index (χ3n) is 3.40. The Kier molecular flexibility index (Phi) is 6.45. The van der Waals surface area contributed by atoms with E-state index in [2.05, 4.69) is 16.0 Å². The molecule has 0 unspecified atom stereocenters. The molecule has 136 valence electrons. The van der Waals surface area contributed by atoms with Crippen LogP contribution in [-0.4, -0.2) is 30.1 Å². The maximum absolute atomic E-state index is 11.9. The molecule has 6 N–H and O–H groups in total. The zero-order chi connectivity index (χ0) is 19.1. The number of amidine groups is 1. The maximum atomic E-state index is 11.9. The Morgan fingerprint density at radius 3 is 2.42 bits per heavy atom. The Hall–Kier alpha value is -3.20. The molecule has 0 fully saturated rings. The summed E-state index contributed by atoms with van der Waals surface area (Å²) in [5.74, 6) is -2.35. The standard InChI is InChI=1S/C17H19N5O3S/c1-10(11-5-3-2-4-6-11)21-13(23)9-20-16(24)17(25)22-14-8-7-12(26-14)15(18)19/h2-8,10H,9H2,1H3,(H3,18,19)(H,20,24)(H,21,23)(H,22,25)/t10-/m1/s1. The molecule has 0 bridgehead atoms. The molecule has 1 heterocycles. The van der Waals surface area contributed by atoms with Gasteiger partial charge in [0.2, 0.25) is 5.91 Å². The first kappa shape index (κ1) is 19.1. The predicted molar refractivity (Wildman–Crippen MR) is 100.0 cm³/mol. The zero-order valence-electron chi connectivity index (χ0n) is 14.0. The molecule has 2 rings (SSSR count). The summed E-state index contributed by atoms with van der Waals surface area (Å²) in [6.45, 7) is 1.51. The van der Waals surface area contributed by atoms with Crippen LogP contribution in [-0.2, 0) is 14.4 Å². The van der Waals surface area contributed by atoms with E-state index >= 15 is 0 Å². The number of nitrogens with one attached hydrogen (secondary N) is 4. The van der Waals surface area contributed by atoms with Crippen LogP contribution in [0.5, 0.6) is 0 Å². The molecule has 0 aliphatic heterocycles. The van der Waals surface area contributed by atoms with Crippen molar-refractivity contribution in [3.05, 3.63) is 52.9 Å². The lowest BCUT2D eigenvalue weighted by molar-refractivity contribution is -0.136. The number of carbonyl (C=O) groups is 3. The largest absolute Gasteiger partial charge is 0.383 e. The van der Waals surface area contributed by atoms with Crippen LogP contribution in [0.3, 0.4) is 0 Å². The van der Waals surface area contributed by atoms with Crippen molar-refractivity contribution in [3.63, 3.8) is 0 Å². The van der Waals surface area contributed by atoms with E-state index in [-0.39, 0.29) is 18.4 Å². The van der Waals surface area contributed by atoms with Crippen LogP contribution in [0.25, 0.3) is 0 Å². The van der Waals surface area contributed by atoms with E-state index in [4.69, 9.17) is 11.1 Å². The van der Waals surface area contributed by atoms with Gasteiger partial charge in [0, 0.05) is 0 Å². The average Bonchev–Trinajstić information content (AvgIpc) is 3.09. The van der Waals surface area contributed by atoms with Crippen molar-refractivity contribution in [1.82, 2.24) is 10.6 Å². The second-order valence-corrected chi connectivity index (χ2v) is 6.50. The van der Waals surface area contributed by atoms with Crippen molar-refractivity contribution in [1.29, 1.82) is 5.41 Å². The molecule has 0 aliphatic rings. The van der Waals surface area contributed by atoms with Gasteiger partial charge in [-0.15, -0.1) is 11.3 Å². The predicted octanol–water partition coefficient (Wildman–Crippen LogP) is 0.964. The van der Waals surface area contributed by atoms with Gasteiger partial charge in [0.25, 0.3) is 0 Å². The minimum Gasteiger partial charge on any atom is -0.383 e. The average molecular weight is 373 g/mol. The number of hydrogen-bond acceptors (Lipinski definition) is 5. The summed E-state index contributed by atoms with van der Waals surface area (Å²) >= 11 is 1.08. The van der Waals surface area contributed by atoms with Crippen molar-refractivity contribution in [2.45, 2.75) is 13.0 Å². The van der Waals surface area contributed by atoms with Crippen LogP contribution in [0.1, 0.15) is 23.4 Å². The highest BCUT2D eigenvalue weighted by atomic mass is 32.1. The van der Waals surface area contributed by atoms with E-state index < -0.39 is 17.7 Å². The van der Waals surface area contributed by atoms with Crippen LogP contribution < -0.4 is 21.7 Å². The number of thiophene rings is 1. The zero-order valence-corrected chi connectivity index (χ0v) is 14.9. The molecule has 1 aromatic carbocycles. The highest BCUT2D eigenvalue weighted by Crippen LogP contribution is 2.21. The number of benzene rings is 1. The Labute approximate surface area is 154 Å². The molecule has 1 atom stereocenters. The van der Waals surface area contributed by atoms with Gasteiger partial charge in [-0.3, -0.25) is 19.8 Å². The third kappa shape index (κ3) is 5.42. The van der Waals surface area contributed by atoms with Gasteiger partial charge in [0.15, 0.2) is 0 Å². The minimum absolute atomic E-state index is 0.121. The third-order valence-corrected chi connectivity index (χ3v) is 4.43. The van der Waals surface area contributed by atoms with Crippen LogP contribution in [0.2, 0.25) is 0 Å². The topological polar surface area (TPSA) is 137 Å². The number of hydrogen-bond donors (Lipinski definition) is 5. The van der Waals surface area contributed by atoms with Gasteiger partial charge < -0.3 is 21.7 Å². The Balaban J connectivity index is 1.78. The summed E-state index contributed by atoms with van der Waals surface area (Å²) in [4.78, 5) is 36.0. The molecule has 2 aromatic rings. The fourth-order valence-corrected chi connectivity index (χ4v) is 2.84. The Morgan fingerprint density at radius 2 is 1.81 bits per heavy atom. The summed E-state index contributed by atoms with van der Waals surface area (Å²) in [5.41, 5.74) is 6.27. The van der Waals surface area contributed by atoms with Crippen molar-refractivity contribution in [3.8, 4) is 0 Å². The van der Waals surface area contributed by atoms with Gasteiger partial charge in [0.05, 0.1) is 22.5 Å². The molecule has 0 radical (unpaired) electrons. The van der Waals surface area contributed by atoms with Gasteiger partial charge in [-0.25, -0.2) is 0 Å². The first-order valence-electron chi connectivity index (χ1n) is 7.74. The second-order valence-electron chi connectivity index (χ2n) is 5.41. The lowest BCUT2D eigenvalue weighted by atomic mass is 10.1. The Morgan fingerprint density at radius 1 is 1.12 bits per heavy atom. The fourth-order valence-electron chi connectivity index (χ4n) is 2.08. The van der Waals surface area contributed by atoms with Crippen molar-refractivity contribution >= 4 is 39.9 Å². The quantitative estimate of drug-likeness (QED) is 0.293. The van der Waals surface area contributed by atoms with Gasteiger partial charge >= 0.3 is 11.8 Å². The number of anilines is 1. The minimum atomic E-state index is -0.926. The van der Waals surface area contributed by atoms with Crippen molar-refractivity contribution in [2.24, 2.45) is 5.73 Å². The maximum Gasteiger partial charge on any atom is 0.314 e. The van der Waals surface area contributed by atoms with E-state index in [1.165, 1.54) is 0 Å². The van der Waals surface area contributed by atoms with E-state index in [0.29, 0.717) is 9.88 Å². The molecule has 1 aromatic heterocycles. The van der Waals surface area contributed by atoms with Gasteiger partial charge in [-0.2, -0.15) is 0 Å². The second kappa shape index (κ2) is 8.77. The highest BCUT2D eigenvalue weighted by Gasteiger charge is 2.17. The molecule has 0 aliphatic carbocycles.